The zero-order valence-electron chi connectivity index (χ0n) is 13.2. The van der Waals surface area contributed by atoms with Gasteiger partial charge in [0.15, 0.2) is 5.96 Å². The van der Waals surface area contributed by atoms with Gasteiger partial charge in [0.1, 0.15) is 0 Å². The molecule has 0 aromatic carbocycles. The predicted molar refractivity (Wildman–Crippen MR) is 83.7 cm³/mol. The van der Waals surface area contributed by atoms with Gasteiger partial charge in [0.25, 0.3) is 0 Å². The molecule has 3 fully saturated rings. The summed E-state index contributed by atoms with van der Waals surface area (Å²) in [5.41, 5.74) is 0. The van der Waals surface area contributed by atoms with Crippen LogP contribution in [-0.2, 0) is 9.47 Å². The molecule has 0 radical (unpaired) electrons. The third-order valence-corrected chi connectivity index (χ3v) is 4.66. The Morgan fingerprint density at radius 3 is 2.62 bits per heavy atom. The lowest BCUT2D eigenvalue weighted by Crippen LogP contribution is -2.47. The molecule has 2 aliphatic heterocycles. The topological polar surface area (TPSA) is 46.1 Å². The third-order valence-electron chi connectivity index (χ3n) is 4.66. The summed E-state index contributed by atoms with van der Waals surface area (Å²) >= 11 is 0. The summed E-state index contributed by atoms with van der Waals surface area (Å²) in [6.45, 7) is 3.78. The van der Waals surface area contributed by atoms with Gasteiger partial charge in [0.2, 0.25) is 0 Å². The fourth-order valence-corrected chi connectivity index (χ4v) is 3.12. The molecule has 0 aromatic heterocycles. The second kappa shape index (κ2) is 7.45. The second-order valence-corrected chi connectivity index (χ2v) is 6.47. The first-order valence-corrected chi connectivity index (χ1v) is 8.56. The summed E-state index contributed by atoms with van der Waals surface area (Å²) in [6.07, 6.45) is 9.16. The molecule has 3 aliphatic rings. The summed E-state index contributed by atoms with van der Waals surface area (Å²) in [6, 6.07) is 0.668. The highest BCUT2D eigenvalue weighted by atomic mass is 16.5. The standard InChI is InChI=1S/C16H29N3O2/c1-17-16(18-13-5-6-13)19-9-7-14(8-10-19)21-12-15-4-2-3-11-20-15/h13-15H,2-12H2,1H3,(H,17,18). The smallest absolute Gasteiger partial charge is 0.193 e. The minimum Gasteiger partial charge on any atom is -0.376 e. The van der Waals surface area contributed by atoms with Crippen LogP contribution in [0.4, 0.5) is 0 Å². The molecule has 5 heteroatoms. The third kappa shape index (κ3) is 4.58. The van der Waals surface area contributed by atoms with E-state index in [1.165, 1.54) is 25.7 Å². The molecular weight excluding hydrogens is 266 g/mol. The van der Waals surface area contributed by atoms with Crippen molar-refractivity contribution in [2.45, 2.75) is 63.2 Å². The van der Waals surface area contributed by atoms with Gasteiger partial charge >= 0.3 is 0 Å². The van der Waals surface area contributed by atoms with Crippen LogP contribution in [0.25, 0.3) is 0 Å². The lowest BCUT2D eigenvalue weighted by Gasteiger charge is -2.35. The van der Waals surface area contributed by atoms with Crippen molar-refractivity contribution in [1.29, 1.82) is 0 Å². The fraction of sp³-hybridized carbons (Fsp3) is 0.938. The molecule has 5 nitrogen and oxygen atoms in total. The van der Waals surface area contributed by atoms with Crippen molar-refractivity contribution in [1.82, 2.24) is 10.2 Å². The summed E-state index contributed by atoms with van der Waals surface area (Å²) in [7, 11) is 1.88. The predicted octanol–water partition coefficient (Wildman–Crippen LogP) is 1.77. The quantitative estimate of drug-likeness (QED) is 0.634. The van der Waals surface area contributed by atoms with Crippen molar-refractivity contribution in [3.05, 3.63) is 0 Å². The monoisotopic (exact) mass is 295 g/mol. The molecule has 3 rings (SSSR count). The van der Waals surface area contributed by atoms with E-state index in [1.807, 2.05) is 7.05 Å². The van der Waals surface area contributed by atoms with Crippen LogP contribution in [0, 0.1) is 0 Å². The van der Waals surface area contributed by atoms with Crippen molar-refractivity contribution in [2.75, 3.05) is 33.4 Å². The van der Waals surface area contributed by atoms with Gasteiger partial charge in [0.05, 0.1) is 18.8 Å². The van der Waals surface area contributed by atoms with Gasteiger partial charge in [0, 0.05) is 32.8 Å². The van der Waals surface area contributed by atoms with E-state index in [0.29, 0.717) is 18.2 Å². The lowest BCUT2D eigenvalue weighted by atomic mass is 10.1. The average Bonchev–Trinajstić information content (AvgIpc) is 3.36. The van der Waals surface area contributed by atoms with E-state index in [1.54, 1.807) is 0 Å². The molecule has 21 heavy (non-hydrogen) atoms. The molecule has 0 amide bonds. The number of guanidine groups is 1. The maximum Gasteiger partial charge on any atom is 0.193 e. The van der Waals surface area contributed by atoms with E-state index in [9.17, 15) is 0 Å². The number of hydrogen-bond acceptors (Lipinski definition) is 3. The highest BCUT2D eigenvalue weighted by Gasteiger charge is 2.27. The van der Waals surface area contributed by atoms with Crippen molar-refractivity contribution in [3.63, 3.8) is 0 Å². The van der Waals surface area contributed by atoms with Crippen LogP contribution in [0.15, 0.2) is 4.99 Å². The van der Waals surface area contributed by atoms with E-state index in [2.05, 4.69) is 15.2 Å². The zero-order valence-corrected chi connectivity index (χ0v) is 13.2. The minimum atomic E-state index is 0.334. The number of ether oxygens (including phenoxy) is 2. The number of rotatable bonds is 4. The Balaban J connectivity index is 1.35. The number of nitrogens with zero attached hydrogens (tertiary/aromatic N) is 2. The van der Waals surface area contributed by atoms with E-state index in [4.69, 9.17) is 9.47 Å². The van der Waals surface area contributed by atoms with Crippen LogP contribution < -0.4 is 5.32 Å². The Labute approximate surface area is 128 Å². The Kier molecular flexibility index (Phi) is 5.36. The first-order chi connectivity index (χ1) is 10.3. The van der Waals surface area contributed by atoms with Gasteiger partial charge in [-0.05, 0) is 44.9 Å². The molecule has 2 heterocycles. The van der Waals surface area contributed by atoms with Crippen molar-refractivity contribution < 1.29 is 9.47 Å². The van der Waals surface area contributed by atoms with Crippen molar-refractivity contribution >= 4 is 5.96 Å². The van der Waals surface area contributed by atoms with Gasteiger partial charge in [-0.3, -0.25) is 4.99 Å². The summed E-state index contributed by atoms with van der Waals surface area (Å²) in [4.78, 5) is 6.78. The Morgan fingerprint density at radius 1 is 1.19 bits per heavy atom. The van der Waals surface area contributed by atoms with Gasteiger partial charge in [-0.1, -0.05) is 0 Å². The van der Waals surface area contributed by atoms with Crippen LogP contribution in [-0.4, -0.2) is 62.5 Å². The molecule has 1 unspecified atom stereocenters. The molecule has 2 saturated heterocycles. The first-order valence-electron chi connectivity index (χ1n) is 8.56. The Morgan fingerprint density at radius 2 is 2.00 bits per heavy atom. The van der Waals surface area contributed by atoms with Crippen molar-refractivity contribution in [3.8, 4) is 0 Å². The van der Waals surface area contributed by atoms with Gasteiger partial charge < -0.3 is 19.7 Å². The maximum absolute atomic E-state index is 6.07. The lowest BCUT2D eigenvalue weighted by molar-refractivity contribution is -0.0721. The van der Waals surface area contributed by atoms with Crippen LogP contribution in [0.5, 0.6) is 0 Å². The van der Waals surface area contributed by atoms with Crippen molar-refractivity contribution in [2.24, 2.45) is 4.99 Å². The van der Waals surface area contributed by atoms with Crippen LogP contribution in [0.3, 0.4) is 0 Å². The molecule has 1 saturated carbocycles. The molecule has 1 atom stereocenters. The number of nitrogens with one attached hydrogen (secondary N) is 1. The largest absolute Gasteiger partial charge is 0.376 e. The molecule has 120 valence electrons. The summed E-state index contributed by atoms with van der Waals surface area (Å²) in [5.74, 6) is 1.08. The average molecular weight is 295 g/mol. The van der Waals surface area contributed by atoms with E-state index in [-0.39, 0.29) is 0 Å². The number of aliphatic imine (C=N–C) groups is 1. The number of likely N-dealkylation sites (tertiary alicyclic amines) is 1. The van der Waals surface area contributed by atoms with Gasteiger partial charge in [-0.2, -0.15) is 0 Å². The molecule has 0 bridgehead atoms. The molecule has 1 aliphatic carbocycles. The first kappa shape index (κ1) is 15.1. The van der Waals surface area contributed by atoms with E-state index < -0.39 is 0 Å². The Hall–Kier alpha value is -0.810. The fourth-order valence-electron chi connectivity index (χ4n) is 3.12. The minimum absolute atomic E-state index is 0.334. The van der Waals surface area contributed by atoms with Crippen LogP contribution in [0.1, 0.15) is 44.9 Å². The summed E-state index contributed by atoms with van der Waals surface area (Å²) in [5, 5.41) is 3.52. The maximum atomic E-state index is 6.07. The second-order valence-electron chi connectivity index (χ2n) is 6.47. The van der Waals surface area contributed by atoms with Crippen LogP contribution in [0.2, 0.25) is 0 Å². The molecule has 0 aromatic rings. The van der Waals surface area contributed by atoms with Gasteiger partial charge in [-0.25, -0.2) is 0 Å². The van der Waals surface area contributed by atoms with Crippen LogP contribution >= 0.6 is 0 Å². The normalized spacial score (nSPS) is 28.7. The number of piperidine rings is 1. The number of hydrogen-bond donors (Lipinski definition) is 1. The molecule has 0 spiro atoms. The highest BCUT2D eigenvalue weighted by molar-refractivity contribution is 5.80. The molecular formula is C16H29N3O2. The van der Waals surface area contributed by atoms with E-state index in [0.717, 1.165) is 51.5 Å². The highest BCUT2D eigenvalue weighted by Crippen LogP contribution is 2.21. The van der Waals surface area contributed by atoms with Gasteiger partial charge in [-0.15, -0.1) is 0 Å². The zero-order chi connectivity index (χ0) is 14.5. The summed E-state index contributed by atoms with van der Waals surface area (Å²) < 4.78 is 11.8. The SMILES string of the molecule is CN=C(NC1CC1)N1CCC(OCC2CCCCO2)CC1. The molecule has 1 N–H and O–H groups in total. The van der Waals surface area contributed by atoms with E-state index >= 15 is 0 Å². The Bertz CT molecular complexity index is 343.